The molecule has 1 saturated heterocycles. The lowest BCUT2D eigenvalue weighted by atomic mass is 10.0. The summed E-state index contributed by atoms with van der Waals surface area (Å²) in [6, 6.07) is 7.67. The van der Waals surface area contributed by atoms with Crippen molar-refractivity contribution in [1.29, 1.82) is 0 Å². The summed E-state index contributed by atoms with van der Waals surface area (Å²) in [6.07, 6.45) is -11.4. The second kappa shape index (κ2) is 11.9. The molecule has 42 heavy (non-hydrogen) atoms. The van der Waals surface area contributed by atoms with Gasteiger partial charge in [0.25, 0.3) is 5.69 Å². The van der Waals surface area contributed by atoms with Crippen molar-refractivity contribution in [2.45, 2.75) is 44.8 Å². The Morgan fingerprint density at radius 1 is 1.02 bits per heavy atom. The van der Waals surface area contributed by atoms with Crippen molar-refractivity contribution in [3.63, 3.8) is 0 Å². The van der Waals surface area contributed by atoms with Crippen molar-refractivity contribution in [3.05, 3.63) is 58.1 Å². The summed E-state index contributed by atoms with van der Waals surface area (Å²) in [5.74, 6) is -2.98. The van der Waals surface area contributed by atoms with E-state index in [1.807, 2.05) is 0 Å². The number of nitro benzene ring substituents is 1. The fraction of sp³-hybridized carbons (Fsp3) is 0.462. The number of nitro groups is 1. The van der Waals surface area contributed by atoms with E-state index in [9.17, 15) is 46.0 Å². The molecule has 0 unspecified atom stereocenters. The van der Waals surface area contributed by atoms with Gasteiger partial charge < -0.3 is 19.3 Å². The zero-order chi connectivity index (χ0) is 31.6. The first-order chi connectivity index (χ1) is 19.3. The first kappa shape index (κ1) is 32.3. The smallest absolute Gasteiger partial charge is 0.457 e. The summed E-state index contributed by atoms with van der Waals surface area (Å²) in [6.45, 7) is 2.47. The lowest BCUT2D eigenvalue weighted by Crippen LogP contribution is -2.60. The topological polar surface area (TPSA) is 105 Å². The molecule has 2 aromatic carbocycles. The highest BCUT2D eigenvalue weighted by atomic mass is 19.4. The standard InChI is InChI=1S/C26H28F6N4O6/c1-24(2,3)42-23(38)35-13-12-34(15-16(35)14-33(4)22(37)26(30,31)32)21-18(36(39)40)10-11-19(20(21)25(27,28)29)41-17-8-6-5-7-9-17/h5-11,16H,12-15H2,1-4H3/t16-/m0/s1. The number of ether oxygens (including phenoxy) is 2. The van der Waals surface area contributed by atoms with Gasteiger partial charge in [-0.1, -0.05) is 18.2 Å². The van der Waals surface area contributed by atoms with Crippen LogP contribution in [0.25, 0.3) is 0 Å². The summed E-state index contributed by atoms with van der Waals surface area (Å²) in [5.41, 5.74) is -4.34. The Morgan fingerprint density at radius 3 is 2.17 bits per heavy atom. The fourth-order valence-corrected chi connectivity index (χ4v) is 4.39. The second-order valence-electron chi connectivity index (χ2n) is 10.4. The van der Waals surface area contributed by atoms with Gasteiger partial charge >= 0.3 is 24.4 Å². The lowest BCUT2D eigenvalue weighted by molar-refractivity contribution is -0.384. The SMILES string of the molecule is CN(C[C@H]1CN(c2c([N+](=O)[O-])ccc(Oc3ccccc3)c2C(F)(F)F)CCN1C(=O)OC(C)(C)C)C(=O)C(F)(F)F. The maximum Gasteiger partial charge on any atom is 0.471 e. The van der Waals surface area contributed by atoms with Crippen molar-refractivity contribution in [3.8, 4) is 11.5 Å². The van der Waals surface area contributed by atoms with Crippen LogP contribution in [0, 0.1) is 10.1 Å². The maximum absolute atomic E-state index is 14.6. The number of carbonyl (C=O) groups is 2. The number of halogens is 6. The van der Waals surface area contributed by atoms with Crippen LogP contribution in [-0.4, -0.2) is 77.8 Å². The summed E-state index contributed by atoms with van der Waals surface area (Å²) in [7, 11) is 0.819. The Labute approximate surface area is 236 Å². The van der Waals surface area contributed by atoms with E-state index in [2.05, 4.69) is 0 Å². The minimum absolute atomic E-state index is 0.0164. The van der Waals surface area contributed by atoms with E-state index in [0.717, 1.165) is 29.0 Å². The van der Waals surface area contributed by atoms with Crippen LogP contribution in [0.4, 0.5) is 42.5 Å². The third-order valence-corrected chi connectivity index (χ3v) is 6.07. The Kier molecular flexibility index (Phi) is 9.17. The Bertz CT molecular complexity index is 1310. The minimum Gasteiger partial charge on any atom is -0.457 e. The van der Waals surface area contributed by atoms with Gasteiger partial charge in [0.05, 0.1) is 11.0 Å². The number of anilines is 1. The molecule has 1 heterocycles. The van der Waals surface area contributed by atoms with E-state index in [4.69, 9.17) is 9.47 Å². The zero-order valence-electron chi connectivity index (χ0n) is 23.0. The molecule has 0 aromatic heterocycles. The summed E-state index contributed by atoms with van der Waals surface area (Å²) < 4.78 is 93.7. The summed E-state index contributed by atoms with van der Waals surface area (Å²) >= 11 is 0. The molecule has 0 bridgehead atoms. The quantitative estimate of drug-likeness (QED) is 0.231. The number of amides is 2. The molecule has 0 aliphatic carbocycles. The molecule has 10 nitrogen and oxygen atoms in total. The maximum atomic E-state index is 14.6. The highest BCUT2D eigenvalue weighted by Gasteiger charge is 2.46. The number of piperazine rings is 1. The number of rotatable bonds is 6. The molecule has 3 rings (SSSR count). The van der Waals surface area contributed by atoms with Gasteiger partial charge in [-0.05, 0) is 39.0 Å². The zero-order valence-corrected chi connectivity index (χ0v) is 23.0. The fourth-order valence-electron chi connectivity index (χ4n) is 4.39. The molecule has 0 radical (unpaired) electrons. The molecule has 16 heteroatoms. The second-order valence-corrected chi connectivity index (χ2v) is 10.4. The highest BCUT2D eigenvalue weighted by Crippen LogP contribution is 2.48. The molecule has 1 fully saturated rings. The van der Waals surface area contributed by atoms with Gasteiger partial charge in [-0.2, -0.15) is 26.3 Å². The summed E-state index contributed by atoms with van der Waals surface area (Å²) in [4.78, 5) is 37.9. The van der Waals surface area contributed by atoms with Crippen LogP contribution >= 0.6 is 0 Å². The monoisotopic (exact) mass is 606 g/mol. The highest BCUT2D eigenvalue weighted by molar-refractivity contribution is 5.82. The summed E-state index contributed by atoms with van der Waals surface area (Å²) in [5, 5.41) is 11.9. The minimum atomic E-state index is -5.26. The van der Waals surface area contributed by atoms with Crippen LogP contribution in [0.1, 0.15) is 26.3 Å². The first-order valence-electron chi connectivity index (χ1n) is 12.5. The van der Waals surface area contributed by atoms with Crippen molar-refractivity contribution in [2.75, 3.05) is 38.1 Å². The first-order valence-corrected chi connectivity index (χ1v) is 12.5. The van der Waals surface area contributed by atoms with Gasteiger partial charge in [0.1, 0.15) is 28.4 Å². The lowest BCUT2D eigenvalue weighted by Gasteiger charge is -2.44. The molecule has 0 saturated carbocycles. The Balaban J connectivity index is 2.11. The van der Waals surface area contributed by atoms with Crippen molar-refractivity contribution < 1.29 is 50.3 Å². The van der Waals surface area contributed by atoms with Crippen LogP contribution in [0.15, 0.2) is 42.5 Å². The van der Waals surface area contributed by atoms with Gasteiger partial charge in [0.2, 0.25) is 0 Å². The molecule has 230 valence electrons. The number of hydrogen-bond acceptors (Lipinski definition) is 7. The molecule has 1 atom stereocenters. The van der Waals surface area contributed by atoms with E-state index in [-0.39, 0.29) is 23.7 Å². The molecule has 1 aliphatic heterocycles. The molecule has 2 amide bonds. The predicted molar refractivity (Wildman–Crippen MR) is 137 cm³/mol. The molecule has 0 spiro atoms. The molecule has 2 aromatic rings. The van der Waals surface area contributed by atoms with Crippen molar-refractivity contribution in [2.24, 2.45) is 0 Å². The molecular weight excluding hydrogens is 578 g/mol. The Morgan fingerprint density at radius 2 is 1.64 bits per heavy atom. The van der Waals surface area contributed by atoms with Gasteiger partial charge in [0.15, 0.2) is 0 Å². The number of hydrogen-bond donors (Lipinski definition) is 0. The molecular formula is C26H28F6N4O6. The average molecular weight is 607 g/mol. The van der Waals surface area contributed by atoms with Crippen molar-refractivity contribution in [1.82, 2.24) is 9.80 Å². The third-order valence-electron chi connectivity index (χ3n) is 6.07. The number of para-hydroxylation sites is 1. The van der Waals surface area contributed by atoms with Crippen LogP contribution in [0.3, 0.4) is 0 Å². The van der Waals surface area contributed by atoms with Crippen molar-refractivity contribution >= 4 is 23.4 Å². The number of carbonyl (C=O) groups excluding carboxylic acids is 2. The largest absolute Gasteiger partial charge is 0.471 e. The van der Waals surface area contributed by atoms with Crippen LogP contribution in [0.2, 0.25) is 0 Å². The van der Waals surface area contributed by atoms with Crippen LogP contribution < -0.4 is 9.64 Å². The van der Waals surface area contributed by atoms with E-state index >= 15 is 0 Å². The average Bonchev–Trinajstić information content (AvgIpc) is 2.86. The third kappa shape index (κ3) is 7.73. The van der Waals surface area contributed by atoms with E-state index < -0.39 is 76.7 Å². The van der Waals surface area contributed by atoms with E-state index in [1.54, 1.807) is 6.07 Å². The number of alkyl halides is 6. The number of likely N-dealkylation sites (N-methyl/N-ethyl adjacent to an activating group) is 1. The molecule has 0 N–H and O–H groups in total. The molecule has 1 aliphatic rings. The van der Waals surface area contributed by atoms with Gasteiger partial charge in [0, 0.05) is 39.3 Å². The van der Waals surface area contributed by atoms with Crippen LogP contribution in [0.5, 0.6) is 11.5 Å². The van der Waals surface area contributed by atoms with Gasteiger partial charge in [-0.15, -0.1) is 0 Å². The number of nitrogens with zero attached hydrogens (tertiary/aromatic N) is 4. The van der Waals surface area contributed by atoms with E-state index in [1.165, 1.54) is 45.0 Å². The number of benzene rings is 2. The Hall–Kier alpha value is -4.24. The van der Waals surface area contributed by atoms with Crippen LogP contribution in [-0.2, 0) is 15.7 Å². The van der Waals surface area contributed by atoms with Gasteiger partial charge in [-0.25, -0.2) is 4.79 Å². The predicted octanol–water partition coefficient (Wildman–Crippen LogP) is 5.85. The normalized spacial score (nSPS) is 16.2. The van der Waals surface area contributed by atoms with Gasteiger partial charge in [-0.3, -0.25) is 19.8 Å². The van der Waals surface area contributed by atoms with E-state index in [0.29, 0.717) is 0 Å².